The van der Waals surface area contributed by atoms with Crippen molar-refractivity contribution in [1.82, 2.24) is 5.32 Å². The van der Waals surface area contributed by atoms with E-state index in [-0.39, 0.29) is 11.8 Å². The Bertz CT molecular complexity index is 895. The molecule has 0 bridgehead atoms. The second kappa shape index (κ2) is 8.46. The molecule has 3 rings (SSSR count). The van der Waals surface area contributed by atoms with Crippen molar-refractivity contribution in [3.8, 4) is 0 Å². The van der Waals surface area contributed by atoms with Gasteiger partial charge in [0, 0.05) is 29.8 Å². The summed E-state index contributed by atoms with van der Waals surface area (Å²) in [6.45, 7) is 8.81. The zero-order valence-corrected chi connectivity index (χ0v) is 16.9. The third-order valence-electron chi connectivity index (χ3n) is 4.94. The van der Waals surface area contributed by atoms with Crippen molar-refractivity contribution in [2.45, 2.75) is 40.0 Å². The Morgan fingerprint density at radius 1 is 1.25 bits per heavy atom. The SMILES string of the molecule is Cc1cc(C(=O)NCC(C)C)ccc1NC(=O)/C=C/c1ccc(C2CC2C)o1. The lowest BCUT2D eigenvalue weighted by Gasteiger charge is -2.10. The van der Waals surface area contributed by atoms with Crippen LogP contribution in [0.4, 0.5) is 5.69 Å². The molecule has 1 aromatic carbocycles. The van der Waals surface area contributed by atoms with Crippen LogP contribution in [0.5, 0.6) is 0 Å². The quantitative estimate of drug-likeness (QED) is 0.681. The highest BCUT2D eigenvalue weighted by Crippen LogP contribution is 2.47. The molecule has 5 heteroatoms. The summed E-state index contributed by atoms with van der Waals surface area (Å²) < 4.78 is 5.77. The number of carbonyl (C=O) groups excluding carboxylic acids is 2. The fraction of sp³-hybridized carbons (Fsp3) is 0.391. The van der Waals surface area contributed by atoms with Crippen LogP contribution in [0.2, 0.25) is 0 Å². The van der Waals surface area contributed by atoms with E-state index in [4.69, 9.17) is 4.42 Å². The van der Waals surface area contributed by atoms with Crippen LogP contribution in [0, 0.1) is 18.8 Å². The first-order valence-corrected chi connectivity index (χ1v) is 9.81. The minimum atomic E-state index is -0.238. The van der Waals surface area contributed by atoms with Gasteiger partial charge >= 0.3 is 0 Å². The average molecular weight is 380 g/mol. The van der Waals surface area contributed by atoms with Crippen LogP contribution >= 0.6 is 0 Å². The van der Waals surface area contributed by atoms with Gasteiger partial charge in [-0.25, -0.2) is 0 Å². The van der Waals surface area contributed by atoms with Gasteiger partial charge in [0.05, 0.1) is 0 Å². The Kier molecular flexibility index (Phi) is 6.02. The lowest BCUT2D eigenvalue weighted by molar-refractivity contribution is -0.111. The number of benzene rings is 1. The summed E-state index contributed by atoms with van der Waals surface area (Å²) >= 11 is 0. The maximum absolute atomic E-state index is 12.2. The molecule has 2 aromatic rings. The first-order valence-electron chi connectivity index (χ1n) is 9.81. The van der Waals surface area contributed by atoms with Crippen molar-refractivity contribution >= 4 is 23.6 Å². The van der Waals surface area contributed by atoms with E-state index in [0.717, 1.165) is 11.3 Å². The maximum atomic E-state index is 12.2. The normalized spacial score (nSPS) is 18.5. The number of nitrogens with one attached hydrogen (secondary N) is 2. The molecule has 2 atom stereocenters. The molecular formula is C23H28N2O3. The van der Waals surface area contributed by atoms with Crippen LogP contribution < -0.4 is 10.6 Å². The maximum Gasteiger partial charge on any atom is 0.251 e. The van der Waals surface area contributed by atoms with Crippen molar-refractivity contribution in [2.75, 3.05) is 11.9 Å². The van der Waals surface area contributed by atoms with Crippen molar-refractivity contribution in [2.24, 2.45) is 11.8 Å². The van der Waals surface area contributed by atoms with E-state index >= 15 is 0 Å². The van der Waals surface area contributed by atoms with Crippen molar-refractivity contribution in [3.63, 3.8) is 0 Å². The molecule has 1 aliphatic carbocycles. The van der Waals surface area contributed by atoms with E-state index in [1.54, 1.807) is 24.3 Å². The minimum absolute atomic E-state index is 0.104. The predicted octanol–water partition coefficient (Wildman–Crippen LogP) is 4.75. The molecule has 1 aliphatic rings. The summed E-state index contributed by atoms with van der Waals surface area (Å²) in [5, 5.41) is 5.74. The third-order valence-corrected chi connectivity index (χ3v) is 4.94. The van der Waals surface area contributed by atoms with Gasteiger partial charge in [0.15, 0.2) is 0 Å². The van der Waals surface area contributed by atoms with Crippen LogP contribution in [0.1, 0.15) is 60.6 Å². The number of hydrogen-bond acceptors (Lipinski definition) is 3. The molecular weight excluding hydrogens is 352 g/mol. The molecule has 0 spiro atoms. The molecule has 1 fully saturated rings. The molecule has 148 valence electrons. The lowest BCUT2D eigenvalue weighted by atomic mass is 10.1. The van der Waals surface area contributed by atoms with Gasteiger partial charge in [-0.15, -0.1) is 0 Å². The Labute approximate surface area is 166 Å². The summed E-state index contributed by atoms with van der Waals surface area (Å²) in [4.78, 5) is 24.4. The average Bonchev–Trinajstić information content (AvgIpc) is 3.19. The largest absolute Gasteiger partial charge is 0.461 e. The van der Waals surface area contributed by atoms with Gasteiger partial charge in [0.2, 0.25) is 5.91 Å². The van der Waals surface area contributed by atoms with E-state index in [0.29, 0.717) is 41.3 Å². The third kappa shape index (κ3) is 5.12. The molecule has 0 radical (unpaired) electrons. The number of aryl methyl sites for hydroxylation is 1. The monoisotopic (exact) mass is 380 g/mol. The standard InChI is InChI=1S/C23H28N2O3/c1-14(2)13-24-23(27)17-5-8-20(16(4)11-17)25-22(26)10-7-18-6-9-21(28-18)19-12-15(19)3/h5-11,14-15,19H,12-13H2,1-4H3,(H,24,27)(H,25,26)/b10-7+. The number of amides is 2. The predicted molar refractivity (Wildman–Crippen MR) is 111 cm³/mol. The van der Waals surface area contributed by atoms with Gasteiger partial charge in [-0.3, -0.25) is 9.59 Å². The van der Waals surface area contributed by atoms with Gasteiger partial charge in [0.25, 0.3) is 5.91 Å². The number of carbonyl (C=O) groups is 2. The molecule has 0 aliphatic heterocycles. The molecule has 5 nitrogen and oxygen atoms in total. The van der Waals surface area contributed by atoms with E-state index in [2.05, 4.69) is 17.6 Å². The number of furan rings is 1. The van der Waals surface area contributed by atoms with E-state index in [1.165, 1.54) is 12.5 Å². The molecule has 2 amide bonds. The van der Waals surface area contributed by atoms with Crippen LogP contribution in [0.15, 0.2) is 40.8 Å². The Hall–Kier alpha value is -2.82. The molecule has 1 aromatic heterocycles. The number of rotatable bonds is 7. The Morgan fingerprint density at radius 3 is 2.64 bits per heavy atom. The van der Waals surface area contributed by atoms with Crippen molar-refractivity contribution < 1.29 is 14.0 Å². The van der Waals surface area contributed by atoms with Gasteiger partial charge in [0.1, 0.15) is 11.5 Å². The fourth-order valence-corrected chi connectivity index (χ4v) is 3.05. The highest BCUT2D eigenvalue weighted by atomic mass is 16.3. The second-order valence-electron chi connectivity index (χ2n) is 8.02. The van der Waals surface area contributed by atoms with Gasteiger partial charge in [-0.1, -0.05) is 20.8 Å². The summed E-state index contributed by atoms with van der Waals surface area (Å²) in [5.74, 6) is 2.94. The first-order chi connectivity index (χ1) is 13.3. The Balaban J connectivity index is 1.57. The van der Waals surface area contributed by atoms with Crippen LogP contribution in [-0.4, -0.2) is 18.4 Å². The van der Waals surface area contributed by atoms with E-state index in [1.807, 2.05) is 32.9 Å². The highest BCUT2D eigenvalue weighted by molar-refractivity contribution is 6.02. The minimum Gasteiger partial charge on any atom is -0.461 e. The zero-order valence-electron chi connectivity index (χ0n) is 16.9. The number of anilines is 1. The molecule has 2 N–H and O–H groups in total. The molecule has 2 unspecified atom stereocenters. The van der Waals surface area contributed by atoms with Gasteiger partial charge < -0.3 is 15.1 Å². The summed E-state index contributed by atoms with van der Waals surface area (Å²) in [6.07, 6.45) is 4.30. The van der Waals surface area contributed by atoms with Crippen LogP contribution in [0.3, 0.4) is 0 Å². The van der Waals surface area contributed by atoms with E-state index < -0.39 is 0 Å². The van der Waals surface area contributed by atoms with Gasteiger partial charge in [-0.05, 0) is 67.2 Å². The second-order valence-corrected chi connectivity index (χ2v) is 8.02. The van der Waals surface area contributed by atoms with Crippen LogP contribution in [-0.2, 0) is 4.79 Å². The lowest BCUT2D eigenvalue weighted by Crippen LogP contribution is -2.27. The van der Waals surface area contributed by atoms with Gasteiger partial charge in [-0.2, -0.15) is 0 Å². The number of hydrogen-bond donors (Lipinski definition) is 2. The van der Waals surface area contributed by atoms with Crippen molar-refractivity contribution in [1.29, 1.82) is 0 Å². The molecule has 0 saturated heterocycles. The zero-order chi connectivity index (χ0) is 20.3. The van der Waals surface area contributed by atoms with Crippen LogP contribution in [0.25, 0.3) is 6.08 Å². The molecule has 1 heterocycles. The molecule has 1 saturated carbocycles. The van der Waals surface area contributed by atoms with E-state index in [9.17, 15) is 9.59 Å². The smallest absolute Gasteiger partial charge is 0.251 e. The summed E-state index contributed by atoms with van der Waals surface area (Å²) in [7, 11) is 0. The first kappa shape index (κ1) is 19.9. The summed E-state index contributed by atoms with van der Waals surface area (Å²) in [5.41, 5.74) is 2.10. The molecule has 28 heavy (non-hydrogen) atoms. The Morgan fingerprint density at radius 2 is 2.00 bits per heavy atom. The highest BCUT2D eigenvalue weighted by Gasteiger charge is 2.36. The summed E-state index contributed by atoms with van der Waals surface area (Å²) in [6, 6.07) is 9.13. The van der Waals surface area contributed by atoms with Crippen molar-refractivity contribution in [3.05, 3.63) is 59.1 Å². The fourth-order valence-electron chi connectivity index (χ4n) is 3.05. The topological polar surface area (TPSA) is 71.3 Å².